The highest BCUT2D eigenvalue weighted by atomic mass is 28.3. The Bertz CT molecular complexity index is 501. The van der Waals surface area contributed by atoms with E-state index in [-0.39, 0.29) is 11.0 Å². The van der Waals surface area contributed by atoms with Crippen LogP contribution in [0.4, 0.5) is 0 Å². The lowest BCUT2D eigenvalue weighted by atomic mass is 10.1. The lowest BCUT2D eigenvalue weighted by Crippen LogP contribution is -2.43. The number of cyclic esters (lactones) is 1. The van der Waals surface area contributed by atoms with Crippen molar-refractivity contribution in [3.8, 4) is 0 Å². The molecule has 3 heteroatoms. The number of carbonyl (C=O) groups excluding carboxylic acids is 1. The fourth-order valence-corrected chi connectivity index (χ4v) is 10.7. The van der Waals surface area contributed by atoms with Crippen LogP contribution in [0.2, 0.25) is 23.2 Å². The van der Waals surface area contributed by atoms with Crippen LogP contribution in [0.5, 0.6) is 0 Å². The molecule has 0 bridgehead atoms. The maximum Gasteiger partial charge on any atom is 0.310 e. The minimum atomic E-state index is -1.62. The molecule has 0 unspecified atom stereocenters. The maximum atomic E-state index is 12.7. The van der Waals surface area contributed by atoms with E-state index in [0.29, 0.717) is 18.4 Å². The predicted octanol–water partition coefficient (Wildman–Crippen LogP) is 4.21. The van der Waals surface area contributed by atoms with E-state index in [2.05, 4.69) is 51.1 Å². The van der Waals surface area contributed by atoms with Crippen LogP contribution in [0.25, 0.3) is 0 Å². The molecule has 0 radical (unpaired) electrons. The summed E-state index contributed by atoms with van der Waals surface area (Å²) in [6.45, 7) is 7.51. The summed E-state index contributed by atoms with van der Waals surface area (Å²) < 4.78 is 5.48. The molecule has 0 amide bonds. The molecule has 1 saturated heterocycles. The Morgan fingerprint density at radius 1 is 1.15 bits per heavy atom. The molecule has 1 aromatic rings. The van der Waals surface area contributed by atoms with Crippen LogP contribution in [0.1, 0.15) is 32.3 Å². The van der Waals surface area contributed by atoms with Gasteiger partial charge in [0, 0.05) is 11.8 Å². The van der Waals surface area contributed by atoms with Gasteiger partial charge in [-0.1, -0.05) is 69.2 Å². The molecular weight excluding hydrogens is 264 g/mol. The van der Waals surface area contributed by atoms with Gasteiger partial charge in [-0.2, -0.15) is 0 Å². The van der Waals surface area contributed by atoms with E-state index in [1.807, 2.05) is 0 Å². The molecule has 3 atom stereocenters. The highest BCUT2D eigenvalue weighted by Gasteiger charge is 2.81. The zero-order valence-electron chi connectivity index (χ0n) is 12.7. The van der Waals surface area contributed by atoms with Crippen molar-refractivity contribution in [2.24, 2.45) is 5.92 Å². The third-order valence-corrected chi connectivity index (χ3v) is 12.9. The van der Waals surface area contributed by atoms with E-state index in [9.17, 15) is 4.79 Å². The number of benzene rings is 1. The highest BCUT2D eigenvalue weighted by Crippen LogP contribution is 2.80. The van der Waals surface area contributed by atoms with Crippen LogP contribution in [0.3, 0.4) is 0 Å². The van der Waals surface area contributed by atoms with Crippen molar-refractivity contribution in [1.29, 1.82) is 0 Å². The van der Waals surface area contributed by atoms with E-state index in [0.717, 1.165) is 0 Å². The van der Waals surface area contributed by atoms with Crippen LogP contribution in [-0.2, 0) is 9.53 Å². The summed E-state index contributed by atoms with van der Waals surface area (Å²) in [5, 5.41) is -0.118. The SMILES string of the molecule is CC[Si](CC)(CC)[C@]12C(=O)OC[C@H]1[C@@H]2c1ccccc1. The minimum absolute atomic E-state index is 0.118. The van der Waals surface area contributed by atoms with Gasteiger partial charge >= 0.3 is 5.97 Å². The minimum Gasteiger partial charge on any atom is -0.465 e. The van der Waals surface area contributed by atoms with Crippen molar-refractivity contribution in [3.05, 3.63) is 35.9 Å². The van der Waals surface area contributed by atoms with Gasteiger partial charge in [-0.25, -0.2) is 0 Å². The maximum absolute atomic E-state index is 12.7. The number of esters is 1. The summed E-state index contributed by atoms with van der Waals surface area (Å²) in [5.41, 5.74) is 1.35. The molecule has 1 aliphatic carbocycles. The van der Waals surface area contributed by atoms with Crippen LogP contribution in [0, 0.1) is 5.92 Å². The molecule has 1 heterocycles. The van der Waals surface area contributed by atoms with Gasteiger partial charge in [0.05, 0.1) is 19.7 Å². The molecular formula is C17H24O2Si. The fourth-order valence-electron chi connectivity index (χ4n) is 4.97. The van der Waals surface area contributed by atoms with Crippen molar-refractivity contribution < 1.29 is 9.53 Å². The van der Waals surface area contributed by atoms with Crippen molar-refractivity contribution >= 4 is 14.0 Å². The first-order valence-corrected chi connectivity index (χ1v) is 10.5. The summed E-state index contributed by atoms with van der Waals surface area (Å²) >= 11 is 0. The molecule has 0 spiro atoms. The molecule has 0 N–H and O–H groups in total. The van der Waals surface area contributed by atoms with Crippen molar-refractivity contribution in [2.75, 3.05) is 6.61 Å². The molecule has 2 nitrogen and oxygen atoms in total. The standard InChI is InChI=1S/C17H24O2Si/c1-4-20(5-2,6-3)17-14(12-19-16(17)18)15(17)13-10-8-7-9-11-13/h7-11,14-15H,4-6,12H2,1-3H3/t14-,15-,17+/m0/s1. The van der Waals surface area contributed by atoms with Crippen molar-refractivity contribution in [2.45, 2.75) is 49.9 Å². The predicted molar refractivity (Wildman–Crippen MR) is 83.5 cm³/mol. The lowest BCUT2D eigenvalue weighted by molar-refractivity contribution is -0.140. The molecule has 108 valence electrons. The van der Waals surface area contributed by atoms with Gasteiger partial charge in [-0.3, -0.25) is 4.79 Å². The first-order valence-electron chi connectivity index (χ1n) is 7.90. The van der Waals surface area contributed by atoms with E-state index < -0.39 is 8.07 Å². The Labute approximate surface area is 122 Å². The normalized spacial score (nSPS) is 31.9. The summed E-state index contributed by atoms with van der Waals surface area (Å²) in [7, 11) is -1.62. The second kappa shape index (κ2) is 4.73. The average Bonchev–Trinajstić information content (AvgIpc) is 3.07. The molecule has 0 aromatic heterocycles. The van der Waals surface area contributed by atoms with Gasteiger partial charge in [-0.15, -0.1) is 0 Å². The summed E-state index contributed by atoms with van der Waals surface area (Å²) in [5.74, 6) is 0.994. The van der Waals surface area contributed by atoms with Gasteiger partial charge in [0.1, 0.15) is 0 Å². The number of ether oxygens (including phenoxy) is 1. The Morgan fingerprint density at radius 2 is 1.75 bits per heavy atom. The number of rotatable bonds is 5. The molecule has 1 saturated carbocycles. The molecule has 2 aliphatic rings. The smallest absolute Gasteiger partial charge is 0.310 e. The van der Waals surface area contributed by atoms with Crippen molar-refractivity contribution in [1.82, 2.24) is 0 Å². The van der Waals surface area contributed by atoms with Gasteiger partial charge in [0.15, 0.2) is 0 Å². The second-order valence-electron chi connectivity index (χ2n) is 6.30. The van der Waals surface area contributed by atoms with Gasteiger partial charge in [0.2, 0.25) is 0 Å². The first-order chi connectivity index (χ1) is 9.68. The van der Waals surface area contributed by atoms with Crippen LogP contribution >= 0.6 is 0 Å². The summed E-state index contributed by atoms with van der Waals surface area (Å²) in [6, 6.07) is 14.2. The van der Waals surface area contributed by atoms with E-state index >= 15 is 0 Å². The average molecular weight is 288 g/mol. The molecule has 1 aliphatic heterocycles. The summed E-state index contributed by atoms with van der Waals surface area (Å²) in [6.07, 6.45) is 0. The number of carbonyl (C=O) groups is 1. The monoisotopic (exact) mass is 288 g/mol. The Balaban J connectivity index is 2.07. The summed E-state index contributed by atoms with van der Waals surface area (Å²) in [4.78, 5) is 12.7. The highest BCUT2D eigenvalue weighted by molar-refractivity contribution is 6.87. The number of hydrogen-bond donors (Lipinski definition) is 0. The zero-order chi connectivity index (χ0) is 14.4. The molecule has 2 fully saturated rings. The lowest BCUT2D eigenvalue weighted by Gasteiger charge is -2.35. The molecule has 1 aromatic carbocycles. The largest absolute Gasteiger partial charge is 0.465 e. The number of fused-ring (bicyclic) bond motifs is 1. The van der Waals surface area contributed by atoms with E-state index in [1.54, 1.807) is 0 Å². The van der Waals surface area contributed by atoms with E-state index in [4.69, 9.17) is 4.74 Å². The van der Waals surface area contributed by atoms with Crippen LogP contribution in [-0.4, -0.2) is 20.7 Å². The van der Waals surface area contributed by atoms with Gasteiger partial charge in [-0.05, 0) is 5.56 Å². The third kappa shape index (κ3) is 1.47. The van der Waals surface area contributed by atoms with Crippen molar-refractivity contribution in [3.63, 3.8) is 0 Å². The fraction of sp³-hybridized carbons (Fsp3) is 0.588. The van der Waals surface area contributed by atoms with Crippen LogP contribution in [0.15, 0.2) is 30.3 Å². The zero-order valence-corrected chi connectivity index (χ0v) is 13.7. The first kappa shape index (κ1) is 13.9. The molecule has 3 rings (SSSR count). The topological polar surface area (TPSA) is 26.3 Å². The van der Waals surface area contributed by atoms with E-state index in [1.165, 1.54) is 23.7 Å². The Morgan fingerprint density at radius 3 is 2.30 bits per heavy atom. The quantitative estimate of drug-likeness (QED) is 0.599. The third-order valence-electron chi connectivity index (χ3n) is 6.17. The second-order valence-corrected chi connectivity index (χ2v) is 11.8. The molecule has 20 heavy (non-hydrogen) atoms. The van der Waals surface area contributed by atoms with Gasteiger partial charge in [0.25, 0.3) is 0 Å². The van der Waals surface area contributed by atoms with Crippen LogP contribution < -0.4 is 0 Å². The van der Waals surface area contributed by atoms with Gasteiger partial charge < -0.3 is 4.74 Å². The Hall–Kier alpha value is -1.09. The Kier molecular flexibility index (Phi) is 3.28. The number of hydrogen-bond acceptors (Lipinski definition) is 2.